The Morgan fingerprint density at radius 1 is 1.69 bits per heavy atom. The van der Waals surface area contributed by atoms with E-state index in [1.165, 1.54) is 0 Å². The Labute approximate surface area is 76.1 Å². The van der Waals surface area contributed by atoms with Gasteiger partial charge in [-0.1, -0.05) is 0 Å². The summed E-state index contributed by atoms with van der Waals surface area (Å²) in [7, 11) is 0. The highest BCUT2D eigenvalue weighted by molar-refractivity contribution is 4.97. The highest BCUT2D eigenvalue weighted by atomic mass is 16.5. The van der Waals surface area contributed by atoms with Crippen molar-refractivity contribution in [3.63, 3.8) is 0 Å². The largest absolute Gasteiger partial charge is 0.389 e. The third-order valence-corrected chi connectivity index (χ3v) is 2.16. The number of rotatable bonds is 3. The lowest BCUT2D eigenvalue weighted by Crippen LogP contribution is -2.38. The molecule has 0 aliphatic carbocycles. The smallest absolute Gasteiger partial charge is 0.0948 e. The molecule has 2 rings (SSSR count). The first-order valence-electron chi connectivity index (χ1n) is 4.33. The van der Waals surface area contributed by atoms with Crippen LogP contribution < -0.4 is 5.32 Å². The number of H-pyrrole nitrogens is 1. The summed E-state index contributed by atoms with van der Waals surface area (Å²) in [4.78, 5) is 0. The summed E-state index contributed by atoms with van der Waals surface area (Å²) in [5.41, 5.74) is 1.01. The molecule has 0 amide bonds. The van der Waals surface area contributed by atoms with Crippen molar-refractivity contribution in [1.29, 1.82) is 0 Å². The van der Waals surface area contributed by atoms with E-state index in [2.05, 4.69) is 15.5 Å². The van der Waals surface area contributed by atoms with E-state index in [9.17, 15) is 5.11 Å². The number of nitrogens with one attached hydrogen (secondary N) is 2. The second-order valence-corrected chi connectivity index (χ2v) is 3.17. The Bertz CT molecular complexity index is 250. The zero-order chi connectivity index (χ0) is 9.10. The molecule has 0 aromatic carbocycles. The Balaban J connectivity index is 1.79. The number of aliphatic hydroxyl groups excluding tert-OH is 1. The quantitative estimate of drug-likeness (QED) is 0.577. The molecule has 0 radical (unpaired) electrons. The molecule has 1 saturated heterocycles. The van der Waals surface area contributed by atoms with Crippen LogP contribution in [0.1, 0.15) is 5.69 Å². The summed E-state index contributed by atoms with van der Waals surface area (Å²) in [5.74, 6) is 0. The van der Waals surface area contributed by atoms with Gasteiger partial charge in [0, 0.05) is 18.4 Å². The molecule has 1 aliphatic heterocycles. The Morgan fingerprint density at radius 3 is 3.23 bits per heavy atom. The van der Waals surface area contributed by atoms with E-state index in [1.807, 2.05) is 6.07 Å². The molecule has 5 heteroatoms. The number of hydrogen-bond donors (Lipinski definition) is 3. The summed E-state index contributed by atoms with van der Waals surface area (Å²) in [5, 5.41) is 19.3. The van der Waals surface area contributed by atoms with Crippen LogP contribution in [0, 0.1) is 0 Å². The van der Waals surface area contributed by atoms with Crippen LogP contribution >= 0.6 is 0 Å². The topological polar surface area (TPSA) is 70.2 Å². The van der Waals surface area contributed by atoms with Gasteiger partial charge in [-0.15, -0.1) is 0 Å². The van der Waals surface area contributed by atoms with E-state index < -0.39 is 0 Å². The van der Waals surface area contributed by atoms with Crippen molar-refractivity contribution in [2.45, 2.75) is 18.7 Å². The van der Waals surface area contributed by atoms with Crippen molar-refractivity contribution >= 4 is 0 Å². The summed E-state index contributed by atoms with van der Waals surface area (Å²) in [6.07, 6.45) is 1.32. The van der Waals surface area contributed by atoms with Crippen LogP contribution in [0.15, 0.2) is 12.3 Å². The predicted octanol–water partition coefficient (Wildman–Crippen LogP) is -0.741. The third kappa shape index (κ3) is 2.06. The number of hydrogen-bond acceptors (Lipinski definition) is 4. The first-order chi connectivity index (χ1) is 6.36. The van der Waals surface area contributed by atoms with Gasteiger partial charge in [0.15, 0.2) is 0 Å². The van der Waals surface area contributed by atoms with E-state index in [0.29, 0.717) is 19.8 Å². The summed E-state index contributed by atoms with van der Waals surface area (Å²) < 4.78 is 5.10. The average molecular weight is 183 g/mol. The number of aromatic nitrogens is 2. The van der Waals surface area contributed by atoms with E-state index in [1.54, 1.807) is 6.20 Å². The van der Waals surface area contributed by atoms with Gasteiger partial charge >= 0.3 is 0 Å². The van der Waals surface area contributed by atoms with Gasteiger partial charge in [-0.3, -0.25) is 5.10 Å². The third-order valence-electron chi connectivity index (χ3n) is 2.16. The Morgan fingerprint density at radius 2 is 2.62 bits per heavy atom. The summed E-state index contributed by atoms with van der Waals surface area (Å²) in [6.45, 7) is 1.70. The first-order valence-corrected chi connectivity index (χ1v) is 4.33. The molecule has 1 fully saturated rings. The molecule has 3 N–H and O–H groups in total. The van der Waals surface area contributed by atoms with Crippen molar-refractivity contribution in [2.24, 2.45) is 0 Å². The van der Waals surface area contributed by atoms with E-state index in [-0.39, 0.29) is 12.1 Å². The molecular weight excluding hydrogens is 170 g/mol. The minimum Gasteiger partial charge on any atom is -0.389 e. The lowest BCUT2D eigenvalue weighted by atomic mass is 10.2. The summed E-state index contributed by atoms with van der Waals surface area (Å²) >= 11 is 0. The zero-order valence-electron chi connectivity index (χ0n) is 7.23. The fraction of sp³-hybridized carbons (Fsp3) is 0.625. The highest BCUT2D eigenvalue weighted by Crippen LogP contribution is 2.05. The van der Waals surface area contributed by atoms with Crippen molar-refractivity contribution in [3.8, 4) is 0 Å². The molecule has 2 unspecified atom stereocenters. The molecule has 2 atom stereocenters. The minimum atomic E-state index is -0.386. The molecule has 1 aromatic heterocycles. The second kappa shape index (κ2) is 3.87. The molecule has 1 aromatic rings. The zero-order valence-corrected chi connectivity index (χ0v) is 7.23. The van der Waals surface area contributed by atoms with Crippen molar-refractivity contribution in [3.05, 3.63) is 18.0 Å². The van der Waals surface area contributed by atoms with Gasteiger partial charge in [0.25, 0.3) is 0 Å². The molecule has 5 nitrogen and oxygen atoms in total. The van der Waals surface area contributed by atoms with Crippen LogP contribution in [0.2, 0.25) is 0 Å². The SMILES string of the molecule is OC1COCC1NCc1ccn[nH]1. The molecule has 0 spiro atoms. The monoisotopic (exact) mass is 183 g/mol. The molecule has 0 bridgehead atoms. The first kappa shape index (κ1) is 8.68. The molecule has 72 valence electrons. The van der Waals surface area contributed by atoms with E-state index in [4.69, 9.17) is 4.74 Å². The van der Waals surface area contributed by atoms with Crippen LogP contribution in [-0.2, 0) is 11.3 Å². The van der Waals surface area contributed by atoms with Crippen LogP contribution in [-0.4, -0.2) is 40.7 Å². The standard InChI is InChI=1S/C8H13N3O2/c12-8-5-13-4-7(8)9-3-6-1-2-10-11-6/h1-2,7-9,12H,3-5H2,(H,10,11). The van der Waals surface area contributed by atoms with Gasteiger partial charge in [-0.05, 0) is 6.07 Å². The van der Waals surface area contributed by atoms with Gasteiger partial charge < -0.3 is 15.2 Å². The number of aliphatic hydroxyl groups is 1. The van der Waals surface area contributed by atoms with Crippen LogP contribution in [0.3, 0.4) is 0 Å². The van der Waals surface area contributed by atoms with E-state index in [0.717, 1.165) is 5.69 Å². The van der Waals surface area contributed by atoms with Crippen LogP contribution in [0.25, 0.3) is 0 Å². The van der Waals surface area contributed by atoms with Crippen LogP contribution in [0.4, 0.5) is 0 Å². The second-order valence-electron chi connectivity index (χ2n) is 3.17. The fourth-order valence-electron chi connectivity index (χ4n) is 1.36. The molecular formula is C8H13N3O2. The van der Waals surface area contributed by atoms with Crippen molar-refractivity contribution in [2.75, 3.05) is 13.2 Å². The lowest BCUT2D eigenvalue weighted by Gasteiger charge is -2.13. The van der Waals surface area contributed by atoms with Crippen LogP contribution in [0.5, 0.6) is 0 Å². The molecule has 2 heterocycles. The van der Waals surface area contributed by atoms with Gasteiger partial charge in [-0.25, -0.2) is 0 Å². The van der Waals surface area contributed by atoms with Gasteiger partial charge in [0.2, 0.25) is 0 Å². The normalized spacial score (nSPS) is 28.1. The highest BCUT2D eigenvalue weighted by Gasteiger charge is 2.25. The average Bonchev–Trinajstić information content (AvgIpc) is 2.72. The molecule has 0 saturated carbocycles. The Kier molecular flexibility index (Phi) is 2.58. The van der Waals surface area contributed by atoms with Crippen molar-refractivity contribution in [1.82, 2.24) is 15.5 Å². The number of ether oxygens (including phenoxy) is 1. The van der Waals surface area contributed by atoms with Gasteiger partial charge in [-0.2, -0.15) is 5.10 Å². The predicted molar refractivity (Wildman–Crippen MR) is 46.0 cm³/mol. The maximum Gasteiger partial charge on any atom is 0.0948 e. The Hall–Kier alpha value is -0.910. The fourth-order valence-corrected chi connectivity index (χ4v) is 1.36. The van der Waals surface area contributed by atoms with Crippen molar-refractivity contribution < 1.29 is 9.84 Å². The number of nitrogens with zero attached hydrogens (tertiary/aromatic N) is 1. The molecule has 1 aliphatic rings. The maximum atomic E-state index is 9.40. The lowest BCUT2D eigenvalue weighted by molar-refractivity contribution is 0.122. The van der Waals surface area contributed by atoms with Gasteiger partial charge in [0.1, 0.15) is 0 Å². The summed E-state index contributed by atoms with van der Waals surface area (Å²) in [6, 6.07) is 1.94. The minimum absolute atomic E-state index is 0.0447. The number of aromatic amines is 1. The molecule has 13 heavy (non-hydrogen) atoms. The van der Waals surface area contributed by atoms with E-state index >= 15 is 0 Å². The maximum absolute atomic E-state index is 9.40. The van der Waals surface area contributed by atoms with Gasteiger partial charge in [0.05, 0.1) is 25.4 Å².